The van der Waals surface area contributed by atoms with Crippen LogP contribution in [0.1, 0.15) is 44.9 Å². The van der Waals surface area contributed by atoms with E-state index in [0.29, 0.717) is 12.1 Å². The van der Waals surface area contributed by atoms with Crippen molar-refractivity contribution in [3.63, 3.8) is 0 Å². The first-order valence-electron chi connectivity index (χ1n) is 7.43. The van der Waals surface area contributed by atoms with Crippen molar-refractivity contribution in [2.24, 2.45) is 4.99 Å². The number of likely N-dealkylation sites (N-methyl/N-ethyl adjacent to an activating group) is 1. The Balaban J connectivity index is 0.00000200. The molecule has 0 aromatic rings. The highest BCUT2D eigenvalue weighted by Gasteiger charge is 2.24. The number of amides is 1. The molecular formula is C14H27IN4O. The molecule has 0 atom stereocenters. The van der Waals surface area contributed by atoms with Crippen molar-refractivity contribution in [1.82, 2.24) is 15.5 Å². The number of nitrogens with one attached hydrogen (secondary N) is 2. The molecule has 20 heavy (non-hydrogen) atoms. The Morgan fingerprint density at radius 3 is 2.10 bits per heavy atom. The molecule has 0 aliphatic heterocycles. The zero-order valence-electron chi connectivity index (χ0n) is 12.5. The Labute approximate surface area is 139 Å². The van der Waals surface area contributed by atoms with Gasteiger partial charge in [0.2, 0.25) is 5.91 Å². The van der Waals surface area contributed by atoms with Gasteiger partial charge in [0, 0.05) is 26.2 Å². The Morgan fingerprint density at radius 2 is 1.60 bits per heavy atom. The molecule has 2 N–H and O–H groups in total. The summed E-state index contributed by atoms with van der Waals surface area (Å²) in [5.41, 5.74) is 0. The molecule has 0 spiro atoms. The third-order valence-electron chi connectivity index (χ3n) is 3.74. The minimum Gasteiger partial charge on any atom is -0.354 e. The minimum atomic E-state index is 0. The monoisotopic (exact) mass is 394 g/mol. The Kier molecular flexibility index (Phi) is 7.61. The van der Waals surface area contributed by atoms with Crippen molar-refractivity contribution in [2.45, 2.75) is 57.0 Å². The summed E-state index contributed by atoms with van der Waals surface area (Å²) in [5, 5.41) is 6.89. The molecule has 2 fully saturated rings. The van der Waals surface area contributed by atoms with E-state index < -0.39 is 0 Å². The second kappa shape index (κ2) is 8.69. The van der Waals surface area contributed by atoms with Gasteiger partial charge in [-0.15, -0.1) is 24.0 Å². The summed E-state index contributed by atoms with van der Waals surface area (Å²) in [4.78, 5) is 17.6. The largest absolute Gasteiger partial charge is 0.354 e. The van der Waals surface area contributed by atoms with Crippen LogP contribution in [0.3, 0.4) is 0 Å². The maximum Gasteiger partial charge on any atom is 0.243 e. The van der Waals surface area contributed by atoms with Crippen LogP contribution in [0.4, 0.5) is 0 Å². The van der Waals surface area contributed by atoms with Crippen LogP contribution in [0, 0.1) is 0 Å². The Morgan fingerprint density at radius 1 is 1.05 bits per heavy atom. The molecule has 5 nitrogen and oxygen atoms in total. The van der Waals surface area contributed by atoms with Gasteiger partial charge >= 0.3 is 0 Å². The fourth-order valence-electron chi connectivity index (χ4n) is 2.28. The third-order valence-corrected chi connectivity index (χ3v) is 3.74. The first-order valence-corrected chi connectivity index (χ1v) is 7.43. The molecule has 2 saturated carbocycles. The quantitative estimate of drug-likeness (QED) is 0.434. The van der Waals surface area contributed by atoms with Crippen LogP contribution in [0.25, 0.3) is 0 Å². The van der Waals surface area contributed by atoms with Crippen molar-refractivity contribution >= 4 is 35.8 Å². The molecule has 0 unspecified atom stereocenters. The number of hydrogen-bond acceptors (Lipinski definition) is 2. The molecule has 0 aromatic heterocycles. The van der Waals surface area contributed by atoms with Crippen LogP contribution in [-0.2, 0) is 4.79 Å². The summed E-state index contributed by atoms with van der Waals surface area (Å²) in [6.07, 6.45) is 8.80. The zero-order valence-corrected chi connectivity index (χ0v) is 14.9. The molecule has 2 rings (SSSR count). The average molecular weight is 394 g/mol. The van der Waals surface area contributed by atoms with E-state index >= 15 is 0 Å². The number of halogens is 1. The number of rotatable bonds is 4. The van der Waals surface area contributed by atoms with Gasteiger partial charge in [-0.05, 0) is 25.7 Å². The standard InChI is InChI=1S/C14H26N4O.HI/c1-18(2)13(19)10-15-14(17-12-8-9-12)16-11-6-4-3-5-7-11;/h11-12H,3-10H2,1-2H3,(H2,15,16,17);1H. The molecule has 0 heterocycles. The molecule has 116 valence electrons. The van der Waals surface area contributed by atoms with E-state index in [1.165, 1.54) is 44.9 Å². The lowest BCUT2D eigenvalue weighted by atomic mass is 9.96. The third kappa shape index (κ3) is 6.28. The van der Waals surface area contributed by atoms with E-state index in [0.717, 1.165) is 5.96 Å². The maximum atomic E-state index is 11.6. The van der Waals surface area contributed by atoms with Crippen molar-refractivity contribution in [2.75, 3.05) is 20.6 Å². The van der Waals surface area contributed by atoms with Gasteiger partial charge < -0.3 is 15.5 Å². The molecule has 0 bridgehead atoms. The zero-order chi connectivity index (χ0) is 13.7. The Bertz CT molecular complexity index is 336. The van der Waals surface area contributed by atoms with Gasteiger partial charge in [0.05, 0.1) is 0 Å². The molecule has 0 saturated heterocycles. The van der Waals surface area contributed by atoms with E-state index in [4.69, 9.17) is 0 Å². The predicted molar refractivity (Wildman–Crippen MR) is 92.6 cm³/mol. The van der Waals surface area contributed by atoms with Crippen molar-refractivity contribution in [3.05, 3.63) is 0 Å². The second-order valence-electron chi connectivity index (χ2n) is 5.85. The molecule has 0 radical (unpaired) electrons. The number of nitrogens with zero attached hydrogens (tertiary/aromatic N) is 2. The van der Waals surface area contributed by atoms with Crippen LogP contribution in [0.5, 0.6) is 0 Å². The van der Waals surface area contributed by atoms with Gasteiger partial charge in [0.25, 0.3) is 0 Å². The van der Waals surface area contributed by atoms with Gasteiger partial charge in [-0.2, -0.15) is 0 Å². The summed E-state index contributed by atoms with van der Waals surface area (Å²) in [6, 6.07) is 1.08. The molecule has 2 aliphatic rings. The van der Waals surface area contributed by atoms with Crippen LogP contribution in [-0.4, -0.2) is 49.5 Å². The smallest absolute Gasteiger partial charge is 0.243 e. The highest BCUT2D eigenvalue weighted by Crippen LogP contribution is 2.20. The van der Waals surface area contributed by atoms with Crippen LogP contribution >= 0.6 is 24.0 Å². The topological polar surface area (TPSA) is 56.7 Å². The SMILES string of the molecule is CN(C)C(=O)CN=C(NC1CCCCC1)NC1CC1.I. The van der Waals surface area contributed by atoms with E-state index in [1.54, 1.807) is 19.0 Å². The lowest BCUT2D eigenvalue weighted by Crippen LogP contribution is -2.45. The van der Waals surface area contributed by atoms with E-state index in [-0.39, 0.29) is 36.4 Å². The first kappa shape index (κ1) is 17.5. The molecular weight excluding hydrogens is 367 g/mol. The van der Waals surface area contributed by atoms with Crippen molar-refractivity contribution < 1.29 is 4.79 Å². The number of hydrogen-bond donors (Lipinski definition) is 2. The summed E-state index contributed by atoms with van der Waals surface area (Å²) < 4.78 is 0. The van der Waals surface area contributed by atoms with Gasteiger partial charge in [-0.3, -0.25) is 4.79 Å². The highest BCUT2D eigenvalue weighted by atomic mass is 127. The van der Waals surface area contributed by atoms with E-state index in [9.17, 15) is 4.79 Å². The maximum absolute atomic E-state index is 11.6. The van der Waals surface area contributed by atoms with Crippen LogP contribution in [0.2, 0.25) is 0 Å². The fourth-order valence-corrected chi connectivity index (χ4v) is 2.28. The lowest BCUT2D eigenvalue weighted by Gasteiger charge is -2.25. The molecule has 6 heteroatoms. The molecule has 0 aromatic carbocycles. The fraction of sp³-hybridized carbons (Fsp3) is 0.857. The van der Waals surface area contributed by atoms with Crippen molar-refractivity contribution in [3.8, 4) is 0 Å². The molecule has 1 amide bonds. The Hall–Kier alpha value is -0.530. The lowest BCUT2D eigenvalue weighted by molar-refractivity contribution is -0.127. The summed E-state index contributed by atoms with van der Waals surface area (Å²) >= 11 is 0. The number of aliphatic imine (C=N–C) groups is 1. The van der Waals surface area contributed by atoms with Crippen molar-refractivity contribution in [1.29, 1.82) is 0 Å². The highest BCUT2D eigenvalue weighted by molar-refractivity contribution is 14.0. The first-order chi connectivity index (χ1) is 9.15. The van der Waals surface area contributed by atoms with E-state index in [2.05, 4.69) is 15.6 Å². The number of guanidine groups is 1. The van der Waals surface area contributed by atoms with Crippen LogP contribution < -0.4 is 10.6 Å². The van der Waals surface area contributed by atoms with Gasteiger partial charge in [-0.1, -0.05) is 19.3 Å². The summed E-state index contributed by atoms with van der Waals surface area (Å²) in [7, 11) is 3.53. The number of carbonyl (C=O) groups excluding carboxylic acids is 1. The van der Waals surface area contributed by atoms with Crippen LogP contribution in [0.15, 0.2) is 4.99 Å². The van der Waals surface area contributed by atoms with Gasteiger partial charge in [0.1, 0.15) is 6.54 Å². The predicted octanol–water partition coefficient (Wildman–Crippen LogP) is 1.72. The second-order valence-corrected chi connectivity index (χ2v) is 5.85. The van der Waals surface area contributed by atoms with E-state index in [1.807, 2.05) is 0 Å². The molecule has 2 aliphatic carbocycles. The normalized spacial score (nSPS) is 20.0. The average Bonchev–Trinajstić information content (AvgIpc) is 3.20. The number of carbonyl (C=O) groups is 1. The summed E-state index contributed by atoms with van der Waals surface area (Å²) in [6.45, 7) is 0.224. The van der Waals surface area contributed by atoms with Gasteiger partial charge in [0.15, 0.2) is 5.96 Å². The van der Waals surface area contributed by atoms with Gasteiger partial charge in [-0.25, -0.2) is 4.99 Å². The minimum absolute atomic E-state index is 0. The summed E-state index contributed by atoms with van der Waals surface area (Å²) in [5.74, 6) is 0.866.